The van der Waals surface area contributed by atoms with E-state index in [0.717, 1.165) is 5.56 Å². The largest absolute Gasteiger partial charge is 0.496 e. The van der Waals surface area contributed by atoms with Gasteiger partial charge in [0.25, 0.3) is 5.91 Å². The van der Waals surface area contributed by atoms with E-state index in [9.17, 15) is 9.18 Å². The van der Waals surface area contributed by atoms with E-state index >= 15 is 0 Å². The molecule has 8 nitrogen and oxygen atoms in total. The molecule has 0 aliphatic carbocycles. The van der Waals surface area contributed by atoms with Crippen molar-refractivity contribution in [2.24, 2.45) is 0 Å². The molecule has 2 aromatic carbocycles. The van der Waals surface area contributed by atoms with Crippen molar-refractivity contribution in [3.63, 3.8) is 0 Å². The minimum Gasteiger partial charge on any atom is -0.496 e. The molecule has 0 aliphatic rings. The lowest BCUT2D eigenvalue weighted by molar-refractivity contribution is 0.0943. The second-order valence-corrected chi connectivity index (χ2v) is 8.02. The number of hydrogen-bond acceptors (Lipinski definition) is 7. The number of rotatable bonds is 9. The predicted molar refractivity (Wildman–Crippen MR) is 126 cm³/mol. The number of nitrogens with zero attached hydrogens (tertiary/aromatic N) is 4. The van der Waals surface area contributed by atoms with Crippen LogP contribution in [0.1, 0.15) is 21.7 Å². The fourth-order valence-electron chi connectivity index (χ4n) is 3.31. The lowest BCUT2D eigenvalue weighted by Crippen LogP contribution is -2.25. The average molecular weight is 480 g/mol. The number of nitrogens with one attached hydrogen (secondary N) is 1. The molecule has 0 saturated carbocycles. The summed E-state index contributed by atoms with van der Waals surface area (Å²) in [5.74, 6) is 1.20. The lowest BCUT2D eigenvalue weighted by atomic mass is 10.1. The van der Waals surface area contributed by atoms with Gasteiger partial charge in [-0.2, -0.15) is 0 Å². The number of aromatic nitrogens is 4. The third-order valence-electron chi connectivity index (χ3n) is 4.96. The van der Waals surface area contributed by atoms with Gasteiger partial charge in [0.05, 0.1) is 20.8 Å². The van der Waals surface area contributed by atoms with Crippen molar-refractivity contribution in [2.45, 2.75) is 17.5 Å². The van der Waals surface area contributed by atoms with Crippen molar-refractivity contribution in [2.75, 3.05) is 14.2 Å². The molecule has 2 aromatic heterocycles. The number of halogens is 1. The highest BCUT2D eigenvalue weighted by Crippen LogP contribution is 2.29. The van der Waals surface area contributed by atoms with Crippen LogP contribution >= 0.6 is 11.8 Å². The summed E-state index contributed by atoms with van der Waals surface area (Å²) >= 11 is 1.48. The summed E-state index contributed by atoms with van der Waals surface area (Å²) in [6.45, 7) is 0.0836. The van der Waals surface area contributed by atoms with E-state index in [0.29, 0.717) is 33.9 Å². The molecule has 0 radical (unpaired) electrons. The minimum atomic E-state index is -0.381. The Hall–Kier alpha value is -3.92. The Labute approximate surface area is 200 Å². The van der Waals surface area contributed by atoms with Gasteiger partial charge in [0, 0.05) is 23.8 Å². The number of hydrogen-bond donors (Lipinski definition) is 1. The van der Waals surface area contributed by atoms with Crippen LogP contribution in [0.2, 0.25) is 0 Å². The van der Waals surface area contributed by atoms with Gasteiger partial charge in [-0.15, -0.1) is 10.2 Å². The smallest absolute Gasteiger partial charge is 0.259 e. The number of benzene rings is 2. The van der Waals surface area contributed by atoms with Gasteiger partial charge in [-0.05, 0) is 54.1 Å². The van der Waals surface area contributed by atoms with E-state index in [4.69, 9.17) is 9.47 Å². The number of carbonyl (C=O) groups excluding carboxylic acids is 1. The molecule has 1 amide bonds. The molecule has 0 saturated heterocycles. The van der Waals surface area contributed by atoms with Gasteiger partial charge in [0.15, 0.2) is 11.0 Å². The van der Waals surface area contributed by atoms with Gasteiger partial charge in [-0.25, -0.2) is 4.39 Å². The van der Waals surface area contributed by atoms with Crippen LogP contribution in [0.3, 0.4) is 0 Å². The Bertz CT molecular complexity index is 1240. The average Bonchev–Trinajstić information content (AvgIpc) is 3.29. The van der Waals surface area contributed by atoms with Gasteiger partial charge in [0.1, 0.15) is 22.9 Å². The van der Waals surface area contributed by atoms with E-state index in [1.165, 1.54) is 38.1 Å². The first-order valence-corrected chi connectivity index (χ1v) is 11.3. The van der Waals surface area contributed by atoms with Crippen LogP contribution in [0.15, 0.2) is 72.1 Å². The zero-order chi connectivity index (χ0) is 23.9. The summed E-state index contributed by atoms with van der Waals surface area (Å²) in [4.78, 5) is 17.0. The number of ether oxygens (including phenoxy) is 2. The van der Waals surface area contributed by atoms with Crippen molar-refractivity contribution in [1.29, 1.82) is 0 Å². The summed E-state index contributed by atoms with van der Waals surface area (Å²) in [6.07, 6.45) is 3.46. The Morgan fingerprint density at radius 1 is 1.00 bits per heavy atom. The van der Waals surface area contributed by atoms with Crippen molar-refractivity contribution in [3.05, 3.63) is 89.8 Å². The maximum atomic E-state index is 13.6. The van der Waals surface area contributed by atoms with E-state index in [2.05, 4.69) is 20.5 Å². The van der Waals surface area contributed by atoms with Crippen LogP contribution in [0.4, 0.5) is 4.39 Å². The number of pyridine rings is 1. The molecule has 0 bridgehead atoms. The molecule has 0 unspecified atom stereocenters. The van der Waals surface area contributed by atoms with E-state index < -0.39 is 0 Å². The first kappa shape index (κ1) is 23.2. The number of thioether (sulfide) groups is 1. The van der Waals surface area contributed by atoms with Gasteiger partial charge >= 0.3 is 0 Å². The molecule has 0 atom stereocenters. The van der Waals surface area contributed by atoms with Gasteiger partial charge < -0.3 is 14.8 Å². The van der Waals surface area contributed by atoms with E-state index in [1.54, 1.807) is 47.3 Å². The van der Waals surface area contributed by atoms with Crippen LogP contribution < -0.4 is 14.8 Å². The molecule has 0 aliphatic heterocycles. The minimum absolute atomic E-state index is 0.0836. The van der Waals surface area contributed by atoms with Crippen LogP contribution in [0, 0.1) is 5.82 Å². The summed E-state index contributed by atoms with van der Waals surface area (Å²) in [5.41, 5.74) is 2.04. The Kier molecular flexibility index (Phi) is 7.38. The molecular formula is C24H22FN5O3S. The van der Waals surface area contributed by atoms with Gasteiger partial charge in [-0.3, -0.25) is 14.3 Å². The highest BCUT2D eigenvalue weighted by atomic mass is 32.2. The molecular weight excluding hydrogens is 457 g/mol. The first-order chi connectivity index (χ1) is 16.6. The zero-order valence-electron chi connectivity index (χ0n) is 18.6. The summed E-state index contributed by atoms with van der Waals surface area (Å²) in [6, 6.07) is 15.0. The Morgan fingerprint density at radius 2 is 1.68 bits per heavy atom. The monoisotopic (exact) mass is 479 g/mol. The quantitative estimate of drug-likeness (QED) is 0.362. The maximum absolute atomic E-state index is 13.6. The van der Waals surface area contributed by atoms with Crippen LogP contribution in [0.5, 0.6) is 11.5 Å². The van der Waals surface area contributed by atoms with Crippen molar-refractivity contribution in [3.8, 4) is 17.2 Å². The SMILES string of the molecule is COc1cccc(OC)c1C(=O)NCc1nnc(SCc2ccncc2)n1-c1ccc(F)cc1. The fourth-order valence-corrected chi connectivity index (χ4v) is 4.23. The van der Waals surface area contributed by atoms with E-state index in [1.807, 2.05) is 12.1 Å². The standard InChI is InChI=1S/C24H22FN5O3S/c1-32-19-4-3-5-20(33-2)22(19)23(31)27-14-21-28-29-24(34-15-16-10-12-26-13-11-16)30(21)18-8-6-17(25)7-9-18/h3-13H,14-15H2,1-2H3,(H,27,31). The van der Waals surface area contributed by atoms with Crippen LogP contribution in [-0.4, -0.2) is 39.9 Å². The second-order valence-electron chi connectivity index (χ2n) is 7.07. The molecule has 0 fully saturated rings. The van der Waals surface area contributed by atoms with Crippen molar-refractivity contribution < 1.29 is 18.7 Å². The number of amides is 1. The Balaban J connectivity index is 1.60. The lowest BCUT2D eigenvalue weighted by Gasteiger charge is -2.14. The first-order valence-electron chi connectivity index (χ1n) is 10.3. The highest BCUT2D eigenvalue weighted by Gasteiger charge is 2.20. The van der Waals surface area contributed by atoms with Gasteiger partial charge in [0.2, 0.25) is 0 Å². The van der Waals surface area contributed by atoms with Crippen molar-refractivity contribution >= 4 is 17.7 Å². The summed E-state index contributed by atoms with van der Waals surface area (Å²) < 4.78 is 26.0. The Morgan fingerprint density at radius 3 is 2.32 bits per heavy atom. The van der Waals surface area contributed by atoms with Crippen molar-refractivity contribution in [1.82, 2.24) is 25.1 Å². The predicted octanol–water partition coefficient (Wildman–Crippen LogP) is 4.04. The third-order valence-corrected chi connectivity index (χ3v) is 5.96. The summed E-state index contributed by atoms with van der Waals surface area (Å²) in [7, 11) is 2.98. The second kappa shape index (κ2) is 10.8. The topological polar surface area (TPSA) is 91.2 Å². The molecule has 1 N–H and O–H groups in total. The number of methoxy groups -OCH3 is 2. The molecule has 34 heavy (non-hydrogen) atoms. The summed E-state index contributed by atoms with van der Waals surface area (Å²) in [5, 5.41) is 12.1. The van der Waals surface area contributed by atoms with Crippen LogP contribution in [-0.2, 0) is 12.3 Å². The molecule has 4 rings (SSSR count). The maximum Gasteiger partial charge on any atom is 0.259 e. The van der Waals surface area contributed by atoms with E-state index in [-0.39, 0.29) is 23.8 Å². The zero-order valence-corrected chi connectivity index (χ0v) is 19.4. The fraction of sp³-hybridized carbons (Fsp3) is 0.167. The van der Waals surface area contributed by atoms with Gasteiger partial charge in [-0.1, -0.05) is 17.8 Å². The molecule has 10 heteroatoms. The normalized spacial score (nSPS) is 10.7. The number of carbonyl (C=O) groups is 1. The van der Waals surface area contributed by atoms with Crippen LogP contribution in [0.25, 0.3) is 5.69 Å². The highest BCUT2D eigenvalue weighted by molar-refractivity contribution is 7.98. The molecule has 4 aromatic rings. The molecule has 174 valence electrons. The molecule has 0 spiro atoms. The molecule has 2 heterocycles. The third kappa shape index (κ3) is 5.18.